The summed E-state index contributed by atoms with van der Waals surface area (Å²) in [7, 11) is 0. The van der Waals surface area contributed by atoms with E-state index in [0.717, 1.165) is 0 Å². The van der Waals surface area contributed by atoms with Crippen LogP contribution in [0, 0.1) is 0 Å². The molecule has 0 bridgehead atoms. The van der Waals surface area contributed by atoms with E-state index < -0.39 is 0 Å². The van der Waals surface area contributed by atoms with Crippen LogP contribution in [0.4, 0.5) is 0 Å². The van der Waals surface area contributed by atoms with Crippen LogP contribution in [0.25, 0.3) is 0 Å². The monoisotopic (exact) mass is 144 g/mol. The predicted octanol–water partition coefficient (Wildman–Crippen LogP) is 2.64. The van der Waals surface area contributed by atoms with E-state index in [9.17, 15) is 0 Å². The van der Waals surface area contributed by atoms with Gasteiger partial charge < -0.3 is 0 Å². The molecular weight excluding hydrogens is 127 g/mol. The van der Waals surface area contributed by atoms with Crippen LogP contribution in [0.5, 0.6) is 0 Å². The lowest BCUT2D eigenvalue weighted by Crippen LogP contribution is -1.84. The minimum Gasteiger partial charge on any atom is -0.106 e. The van der Waals surface area contributed by atoms with E-state index in [1.165, 1.54) is 12.6 Å². The van der Waals surface area contributed by atoms with Crippen molar-refractivity contribution in [3.8, 4) is 0 Å². The summed E-state index contributed by atoms with van der Waals surface area (Å²) < 4.78 is 0. The first-order chi connectivity index (χ1) is 4.21. The highest BCUT2D eigenvalue weighted by Crippen LogP contribution is 2.62. The second-order valence-corrected chi connectivity index (χ2v) is 7.79. The Morgan fingerprint density at radius 3 is 2.00 bits per heavy atom. The zero-order valence-electron chi connectivity index (χ0n) is 6.78. The minimum absolute atomic E-state index is 0.348. The van der Waals surface area contributed by atoms with Gasteiger partial charge in [0.2, 0.25) is 0 Å². The van der Waals surface area contributed by atoms with Gasteiger partial charge in [-0.1, -0.05) is 18.6 Å². The Bertz CT molecular complexity index is 144. The molecule has 1 fully saturated rings. The molecule has 1 aliphatic heterocycles. The molecule has 0 unspecified atom stereocenters. The number of hydrogen-bond donors (Lipinski definition) is 0. The van der Waals surface area contributed by atoms with Crippen LogP contribution in [0.1, 0.15) is 27.2 Å². The maximum atomic E-state index is 2.33. The molecule has 9 heavy (non-hydrogen) atoms. The zero-order chi connectivity index (χ0) is 6.91. The van der Waals surface area contributed by atoms with Crippen LogP contribution < -0.4 is 0 Å². The first kappa shape index (κ1) is 7.41. The van der Waals surface area contributed by atoms with Crippen molar-refractivity contribution >= 4 is 12.2 Å². The van der Waals surface area contributed by atoms with Crippen LogP contribution in [-0.2, 0) is 0 Å². The Hall–Kier alpha value is 0.300. The van der Waals surface area contributed by atoms with Gasteiger partial charge in [0, 0.05) is 0 Å². The molecule has 0 amide bonds. The highest BCUT2D eigenvalue weighted by Gasteiger charge is 2.30. The second kappa shape index (κ2) is 2.50. The van der Waals surface area contributed by atoms with Crippen molar-refractivity contribution in [2.75, 3.05) is 18.5 Å². The molecule has 1 rings (SSSR count). The standard InChI is InChI=1S/C8H17P/c1-4-5-9(6-7-9)8(2)3/h4-7H2,1-3H3. The van der Waals surface area contributed by atoms with Gasteiger partial charge in [-0.25, -0.2) is 0 Å². The molecule has 1 saturated heterocycles. The normalized spacial score (nSPS) is 21.7. The van der Waals surface area contributed by atoms with Crippen LogP contribution in [0.15, 0.2) is 0 Å². The van der Waals surface area contributed by atoms with E-state index in [1.807, 2.05) is 0 Å². The Balaban J connectivity index is 2.63. The summed E-state index contributed by atoms with van der Waals surface area (Å²) in [4.78, 5) is 0. The molecule has 1 heterocycles. The van der Waals surface area contributed by atoms with Crippen molar-refractivity contribution in [3.05, 3.63) is 0 Å². The third-order valence-corrected chi connectivity index (χ3v) is 7.09. The minimum atomic E-state index is -0.348. The number of rotatable bonds is 2. The molecule has 0 aliphatic carbocycles. The Labute approximate surface area is 58.6 Å². The highest BCUT2D eigenvalue weighted by atomic mass is 31.2. The SMILES string of the molecule is CCCP1(=C(C)C)CC1. The summed E-state index contributed by atoms with van der Waals surface area (Å²) in [5.74, 6) is 0. The lowest BCUT2D eigenvalue weighted by atomic mass is 10.6. The van der Waals surface area contributed by atoms with Crippen molar-refractivity contribution in [1.82, 2.24) is 0 Å². The fraction of sp³-hybridized carbons (Fsp3) is 0.875. The van der Waals surface area contributed by atoms with E-state index >= 15 is 0 Å². The highest BCUT2D eigenvalue weighted by molar-refractivity contribution is 7.82. The largest absolute Gasteiger partial charge is 0.106 e. The third-order valence-electron chi connectivity index (χ3n) is 2.36. The second-order valence-electron chi connectivity index (χ2n) is 3.26. The summed E-state index contributed by atoms with van der Waals surface area (Å²) in [5.41, 5.74) is 0. The van der Waals surface area contributed by atoms with Crippen molar-refractivity contribution in [2.24, 2.45) is 0 Å². The van der Waals surface area contributed by atoms with Crippen molar-refractivity contribution < 1.29 is 0 Å². The van der Waals surface area contributed by atoms with Gasteiger partial charge in [0.1, 0.15) is 0 Å². The van der Waals surface area contributed by atoms with Gasteiger partial charge in [-0.2, -0.15) is 0 Å². The molecule has 0 radical (unpaired) electrons. The molecule has 0 saturated carbocycles. The van der Waals surface area contributed by atoms with Gasteiger partial charge in [-0.3, -0.25) is 0 Å². The Morgan fingerprint density at radius 1 is 1.33 bits per heavy atom. The van der Waals surface area contributed by atoms with Crippen LogP contribution in [0.3, 0.4) is 0 Å². The molecule has 0 aromatic rings. The first-order valence-electron chi connectivity index (χ1n) is 3.88. The van der Waals surface area contributed by atoms with E-state index in [4.69, 9.17) is 0 Å². The van der Waals surface area contributed by atoms with Crippen molar-refractivity contribution in [1.29, 1.82) is 0 Å². The third kappa shape index (κ3) is 1.41. The van der Waals surface area contributed by atoms with Gasteiger partial charge >= 0.3 is 0 Å². The van der Waals surface area contributed by atoms with E-state index in [2.05, 4.69) is 20.8 Å². The maximum Gasteiger partial charge on any atom is -0.0288 e. The summed E-state index contributed by atoms with van der Waals surface area (Å²) in [5, 5.41) is 1.77. The van der Waals surface area contributed by atoms with Gasteiger partial charge in [-0.05, 0) is 32.3 Å². The smallest absolute Gasteiger partial charge is 0.0288 e. The summed E-state index contributed by atoms with van der Waals surface area (Å²) >= 11 is 0. The van der Waals surface area contributed by atoms with E-state index in [1.54, 1.807) is 17.6 Å². The average molecular weight is 144 g/mol. The summed E-state index contributed by atoms with van der Waals surface area (Å²) in [6.45, 7) is 6.62. The van der Waals surface area contributed by atoms with Gasteiger partial charge in [0.15, 0.2) is 0 Å². The molecule has 0 aromatic heterocycles. The molecule has 0 nitrogen and oxygen atoms in total. The average Bonchev–Trinajstić information content (AvgIpc) is 2.49. The van der Waals surface area contributed by atoms with E-state index in [0.29, 0.717) is 0 Å². The van der Waals surface area contributed by atoms with Crippen molar-refractivity contribution in [3.63, 3.8) is 0 Å². The molecule has 1 aliphatic rings. The number of hydrogen-bond acceptors (Lipinski definition) is 0. The zero-order valence-corrected chi connectivity index (χ0v) is 7.67. The predicted molar refractivity (Wildman–Crippen MR) is 48.2 cm³/mol. The molecule has 0 spiro atoms. The topological polar surface area (TPSA) is 0 Å². The van der Waals surface area contributed by atoms with Crippen LogP contribution in [-0.4, -0.2) is 23.8 Å². The maximum absolute atomic E-state index is 2.33. The lowest BCUT2D eigenvalue weighted by molar-refractivity contribution is 1.10. The molecule has 1 heteroatoms. The fourth-order valence-corrected chi connectivity index (χ4v) is 5.05. The molecule has 54 valence electrons. The molecule has 0 atom stereocenters. The first-order valence-corrected chi connectivity index (χ1v) is 6.22. The summed E-state index contributed by atoms with van der Waals surface area (Å²) in [6, 6.07) is 0. The van der Waals surface area contributed by atoms with E-state index in [-0.39, 0.29) is 6.89 Å². The van der Waals surface area contributed by atoms with Crippen LogP contribution >= 0.6 is 6.89 Å². The van der Waals surface area contributed by atoms with Gasteiger partial charge in [0.25, 0.3) is 0 Å². The fourth-order valence-electron chi connectivity index (χ4n) is 1.44. The van der Waals surface area contributed by atoms with Gasteiger partial charge in [-0.15, -0.1) is 6.89 Å². The van der Waals surface area contributed by atoms with Crippen LogP contribution in [0.2, 0.25) is 0 Å². The Morgan fingerprint density at radius 2 is 1.89 bits per heavy atom. The van der Waals surface area contributed by atoms with Crippen molar-refractivity contribution in [2.45, 2.75) is 27.2 Å². The lowest BCUT2D eigenvalue weighted by Gasteiger charge is -2.04. The summed E-state index contributed by atoms with van der Waals surface area (Å²) in [6.07, 6.45) is 6.08. The Kier molecular flexibility index (Phi) is 2.06. The molecule has 0 aromatic carbocycles. The quantitative estimate of drug-likeness (QED) is 0.523. The molecule has 0 N–H and O–H groups in total. The molecular formula is C8H17P. The van der Waals surface area contributed by atoms with Gasteiger partial charge in [0.05, 0.1) is 0 Å².